The van der Waals surface area contributed by atoms with E-state index in [4.69, 9.17) is 4.74 Å². The molecule has 2 heterocycles. The van der Waals surface area contributed by atoms with Gasteiger partial charge in [0.15, 0.2) is 0 Å². The molecule has 0 aromatic heterocycles. The number of β-amino-alcohol motifs (C(OH)–C–C–N with tert-alkyl or cyclic N) is 1. The molecular weight excluding hydrogens is 392 g/mol. The average molecular weight is 423 g/mol. The molecule has 2 aromatic carbocycles. The van der Waals surface area contributed by atoms with Crippen molar-refractivity contribution in [3.05, 3.63) is 71.8 Å². The zero-order chi connectivity index (χ0) is 21.6. The summed E-state index contributed by atoms with van der Waals surface area (Å²) in [6.45, 7) is 1.66. The standard InChI is InChI=1S/C25H30N2O4/c28-22-16-23(27(17-22)25(30)31-18-21-9-5-2-6-10-21)24(29)26-13-11-20(12-14-26)15-19-7-3-1-4-8-19/h1-10,20,22-23,28H,11-18H2/t22-,23?/m1/s1. The fourth-order valence-corrected chi connectivity index (χ4v) is 4.57. The summed E-state index contributed by atoms with van der Waals surface area (Å²) < 4.78 is 5.42. The average Bonchev–Trinajstić information content (AvgIpc) is 3.20. The predicted molar refractivity (Wildman–Crippen MR) is 117 cm³/mol. The number of nitrogens with zero attached hydrogens (tertiary/aromatic N) is 2. The third-order valence-corrected chi connectivity index (χ3v) is 6.30. The molecule has 1 N–H and O–H groups in total. The van der Waals surface area contributed by atoms with Crippen LogP contribution in [0.1, 0.15) is 30.4 Å². The van der Waals surface area contributed by atoms with Crippen LogP contribution in [0.4, 0.5) is 4.79 Å². The number of ether oxygens (including phenoxy) is 1. The lowest BCUT2D eigenvalue weighted by atomic mass is 9.90. The molecule has 0 radical (unpaired) electrons. The van der Waals surface area contributed by atoms with Crippen LogP contribution >= 0.6 is 0 Å². The van der Waals surface area contributed by atoms with Gasteiger partial charge in [-0.05, 0) is 36.3 Å². The van der Waals surface area contributed by atoms with Gasteiger partial charge in [-0.2, -0.15) is 0 Å². The van der Waals surface area contributed by atoms with Gasteiger partial charge in [-0.1, -0.05) is 60.7 Å². The van der Waals surface area contributed by atoms with Crippen molar-refractivity contribution in [3.63, 3.8) is 0 Å². The number of rotatable bonds is 5. The van der Waals surface area contributed by atoms with E-state index in [9.17, 15) is 14.7 Å². The highest BCUT2D eigenvalue weighted by Crippen LogP contribution is 2.26. The van der Waals surface area contributed by atoms with Gasteiger partial charge in [0.05, 0.1) is 12.6 Å². The summed E-state index contributed by atoms with van der Waals surface area (Å²) in [7, 11) is 0. The summed E-state index contributed by atoms with van der Waals surface area (Å²) >= 11 is 0. The van der Waals surface area contributed by atoms with Crippen LogP contribution in [0.3, 0.4) is 0 Å². The minimum Gasteiger partial charge on any atom is -0.445 e. The molecule has 1 unspecified atom stereocenters. The van der Waals surface area contributed by atoms with Gasteiger partial charge in [-0.25, -0.2) is 4.79 Å². The van der Waals surface area contributed by atoms with E-state index < -0.39 is 18.2 Å². The van der Waals surface area contributed by atoms with Crippen LogP contribution in [-0.4, -0.2) is 58.7 Å². The van der Waals surface area contributed by atoms with Gasteiger partial charge in [0.25, 0.3) is 0 Å². The molecule has 2 saturated heterocycles. The van der Waals surface area contributed by atoms with E-state index in [1.165, 1.54) is 10.5 Å². The molecule has 6 heteroatoms. The van der Waals surface area contributed by atoms with E-state index in [-0.39, 0.29) is 25.5 Å². The molecule has 0 aliphatic carbocycles. The molecule has 31 heavy (non-hydrogen) atoms. The predicted octanol–water partition coefficient (Wildman–Crippen LogP) is 3.24. The Morgan fingerprint density at radius 2 is 1.55 bits per heavy atom. The van der Waals surface area contributed by atoms with Gasteiger partial charge in [-0.3, -0.25) is 9.69 Å². The first kappa shape index (κ1) is 21.4. The van der Waals surface area contributed by atoms with Crippen LogP contribution in [0, 0.1) is 5.92 Å². The molecule has 6 nitrogen and oxygen atoms in total. The van der Waals surface area contributed by atoms with Crippen molar-refractivity contribution in [1.29, 1.82) is 0 Å². The number of likely N-dealkylation sites (tertiary alicyclic amines) is 2. The van der Waals surface area contributed by atoms with Crippen LogP contribution in [0.5, 0.6) is 0 Å². The number of hydrogen-bond donors (Lipinski definition) is 1. The molecule has 2 atom stereocenters. The smallest absolute Gasteiger partial charge is 0.410 e. The summed E-state index contributed by atoms with van der Waals surface area (Å²) in [6, 6.07) is 19.2. The highest BCUT2D eigenvalue weighted by Gasteiger charge is 2.42. The van der Waals surface area contributed by atoms with Gasteiger partial charge in [0.1, 0.15) is 12.6 Å². The fourth-order valence-electron chi connectivity index (χ4n) is 4.57. The number of hydrogen-bond acceptors (Lipinski definition) is 4. The van der Waals surface area contributed by atoms with Crippen LogP contribution in [0.2, 0.25) is 0 Å². The van der Waals surface area contributed by atoms with Crippen molar-refractivity contribution < 1.29 is 19.4 Å². The number of piperidine rings is 1. The van der Waals surface area contributed by atoms with Crippen molar-refractivity contribution in [2.45, 2.75) is 44.4 Å². The Balaban J connectivity index is 1.31. The number of aliphatic hydroxyl groups is 1. The van der Waals surface area contributed by atoms with Crippen LogP contribution < -0.4 is 0 Å². The van der Waals surface area contributed by atoms with E-state index >= 15 is 0 Å². The molecule has 4 rings (SSSR count). The summed E-state index contributed by atoms with van der Waals surface area (Å²) in [6.07, 6.45) is 1.96. The second-order valence-corrected chi connectivity index (χ2v) is 8.56. The third-order valence-electron chi connectivity index (χ3n) is 6.30. The van der Waals surface area contributed by atoms with Crippen molar-refractivity contribution >= 4 is 12.0 Å². The van der Waals surface area contributed by atoms with Crippen molar-refractivity contribution in [2.75, 3.05) is 19.6 Å². The van der Waals surface area contributed by atoms with Gasteiger partial charge >= 0.3 is 6.09 Å². The Labute approximate surface area is 183 Å². The molecule has 2 fully saturated rings. The highest BCUT2D eigenvalue weighted by atomic mass is 16.6. The van der Waals surface area contributed by atoms with E-state index in [0.717, 1.165) is 24.8 Å². The molecule has 0 saturated carbocycles. The number of carbonyl (C=O) groups is 2. The van der Waals surface area contributed by atoms with E-state index in [1.807, 2.05) is 41.3 Å². The van der Waals surface area contributed by atoms with Crippen LogP contribution in [-0.2, 0) is 22.6 Å². The lowest BCUT2D eigenvalue weighted by Crippen LogP contribution is -2.50. The van der Waals surface area contributed by atoms with Crippen molar-refractivity contribution in [2.24, 2.45) is 5.92 Å². The minimum absolute atomic E-state index is 0.0774. The summed E-state index contributed by atoms with van der Waals surface area (Å²) in [5.41, 5.74) is 2.22. The maximum atomic E-state index is 13.2. The molecular formula is C25H30N2O4. The van der Waals surface area contributed by atoms with Crippen LogP contribution in [0.15, 0.2) is 60.7 Å². The maximum absolute atomic E-state index is 13.2. The Hall–Kier alpha value is -2.86. The normalized spacial score (nSPS) is 21.8. The Bertz CT molecular complexity index is 866. The summed E-state index contributed by atoms with van der Waals surface area (Å²) in [4.78, 5) is 29.0. The highest BCUT2D eigenvalue weighted by molar-refractivity contribution is 5.86. The minimum atomic E-state index is -0.700. The third kappa shape index (κ3) is 5.44. The maximum Gasteiger partial charge on any atom is 0.410 e. The largest absolute Gasteiger partial charge is 0.445 e. The zero-order valence-corrected chi connectivity index (χ0v) is 17.7. The first-order valence-electron chi connectivity index (χ1n) is 11.1. The van der Waals surface area contributed by atoms with Gasteiger partial charge in [0.2, 0.25) is 5.91 Å². The van der Waals surface area contributed by atoms with E-state index in [1.54, 1.807) is 0 Å². The summed E-state index contributed by atoms with van der Waals surface area (Å²) in [5.74, 6) is 0.485. The first-order chi connectivity index (χ1) is 15.1. The van der Waals surface area contributed by atoms with Crippen LogP contribution in [0.25, 0.3) is 0 Å². The van der Waals surface area contributed by atoms with Crippen molar-refractivity contribution in [1.82, 2.24) is 9.80 Å². The lowest BCUT2D eigenvalue weighted by molar-refractivity contribution is -0.137. The molecule has 2 aliphatic rings. The van der Waals surface area contributed by atoms with Crippen molar-refractivity contribution in [3.8, 4) is 0 Å². The Kier molecular flexibility index (Phi) is 6.87. The first-order valence-corrected chi connectivity index (χ1v) is 11.1. The topological polar surface area (TPSA) is 70.1 Å². The second kappa shape index (κ2) is 9.96. The second-order valence-electron chi connectivity index (χ2n) is 8.56. The fraction of sp³-hybridized carbons (Fsp3) is 0.440. The quantitative estimate of drug-likeness (QED) is 0.803. The van der Waals surface area contributed by atoms with Gasteiger partial charge in [-0.15, -0.1) is 0 Å². The van der Waals surface area contributed by atoms with E-state index in [0.29, 0.717) is 19.0 Å². The zero-order valence-electron chi connectivity index (χ0n) is 17.7. The number of amides is 2. The molecule has 164 valence electrons. The molecule has 0 bridgehead atoms. The molecule has 0 spiro atoms. The number of benzene rings is 2. The Morgan fingerprint density at radius 1 is 0.935 bits per heavy atom. The molecule has 2 aromatic rings. The van der Waals surface area contributed by atoms with E-state index in [2.05, 4.69) is 24.3 Å². The van der Waals surface area contributed by atoms with Gasteiger partial charge < -0.3 is 14.7 Å². The van der Waals surface area contributed by atoms with Gasteiger partial charge in [0, 0.05) is 19.5 Å². The Morgan fingerprint density at radius 3 is 2.19 bits per heavy atom. The number of carbonyl (C=O) groups excluding carboxylic acids is 2. The lowest BCUT2D eigenvalue weighted by Gasteiger charge is -2.35. The molecule has 2 aliphatic heterocycles. The molecule has 2 amide bonds. The monoisotopic (exact) mass is 422 g/mol. The number of aliphatic hydroxyl groups excluding tert-OH is 1. The summed E-state index contributed by atoms with van der Waals surface area (Å²) in [5, 5.41) is 10.1. The SMILES string of the molecule is O=C(C1C[C@@H](O)CN1C(=O)OCc1ccccc1)N1CCC(Cc2ccccc2)CC1.